The number of hydrogen-bond donors (Lipinski definition) is 1. The first-order valence-electron chi connectivity index (χ1n) is 12.9. The summed E-state index contributed by atoms with van der Waals surface area (Å²) in [5, 5.41) is 2.34. The molecule has 2 heterocycles. The van der Waals surface area contributed by atoms with E-state index in [1.165, 1.54) is 16.7 Å². The van der Waals surface area contributed by atoms with Crippen LogP contribution in [-0.2, 0) is 30.3 Å². The van der Waals surface area contributed by atoms with Gasteiger partial charge in [0.25, 0.3) is 5.91 Å². The summed E-state index contributed by atoms with van der Waals surface area (Å²) < 4.78 is 16.9. The van der Waals surface area contributed by atoms with Crippen LogP contribution in [0.25, 0.3) is 0 Å². The Morgan fingerprint density at radius 2 is 1.52 bits per heavy atom. The number of carbonyl (C=O) groups is 3. The summed E-state index contributed by atoms with van der Waals surface area (Å²) in [6.07, 6.45) is -0.557. The van der Waals surface area contributed by atoms with Crippen LogP contribution in [0, 0.1) is 0 Å². The van der Waals surface area contributed by atoms with Crippen molar-refractivity contribution in [3.8, 4) is 5.75 Å². The Morgan fingerprint density at radius 1 is 0.925 bits per heavy atom. The molecule has 0 aromatic heterocycles. The number of esters is 1. The van der Waals surface area contributed by atoms with E-state index in [2.05, 4.69) is 5.32 Å². The molecular weight excluding hydrogens is 528 g/mol. The maximum Gasteiger partial charge on any atom is 0.356 e. The van der Waals surface area contributed by atoms with Crippen LogP contribution in [0.1, 0.15) is 29.7 Å². The van der Waals surface area contributed by atoms with E-state index in [9.17, 15) is 14.4 Å². The molecule has 9 heteroatoms. The highest BCUT2D eigenvalue weighted by atomic mass is 32.2. The van der Waals surface area contributed by atoms with Crippen molar-refractivity contribution in [3.63, 3.8) is 0 Å². The molecule has 1 N–H and O–H groups in total. The number of carbonyl (C=O) groups excluding carboxylic acids is 3. The van der Waals surface area contributed by atoms with E-state index in [0.717, 1.165) is 16.7 Å². The lowest BCUT2D eigenvalue weighted by atomic mass is 10.0. The normalized spacial score (nSPS) is 20.1. The van der Waals surface area contributed by atoms with Crippen molar-refractivity contribution in [1.29, 1.82) is 0 Å². The summed E-state index contributed by atoms with van der Waals surface area (Å²) in [5.74, 6) is -0.584. The van der Waals surface area contributed by atoms with Crippen molar-refractivity contribution in [3.05, 3.63) is 113 Å². The summed E-state index contributed by atoms with van der Waals surface area (Å²) in [7, 11) is 3.13. The van der Waals surface area contributed by atoms with Crippen molar-refractivity contribution in [2.75, 3.05) is 14.2 Å². The molecule has 2 aliphatic rings. The monoisotopic (exact) mass is 558 g/mol. The number of β-lactam (4-membered cyclic amide) rings is 1. The Balaban J connectivity index is 1.35. The minimum atomic E-state index is -0.789. The Kier molecular flexibility index (Phi) is 8.23. The van der Waals surface area contributed by atoms with Gasteiger partial charge >= 0.3 is 5.97 Å². The van der Waals surface area contributed by atoms with Crippen LogP contribution in [0.15, 0.2) is 96.2 Å². The van der Waals surface area contributed by atoms with Crippen LogP contribution in [-0.4, -0.2) is 53.8 Å². The summed E-state index contributed by atoms with van der Waals surface area (Å²) in [6, 6.07) is 25.3. The highest BCUT2D eigenvalue weighted by molar-refractivity contribution is 8.00. The van der Waals surface area contributed by atoms with Crippen LogP contribution in [0.3, 0.4) is 0 Å². The zero-order valence-electron chi connectivity index (χ0n) is 22.4. The van der Waals surface area contributed by atoms with E-state index in [1.807, 2.05) is 60.7 Å². The predicted molar refractivity (Wildman–Crippen MR) is 151 cm³/mol. The molecule has 2 amide bonds. The lowest BCUT2D eigenvalue weighted by Gasteiger charge is -2.51. The van der Waals surface area contributed by atoms with Gasteiger partial charge < -0.3 is 19.5 Å². The zero-order valence-corrected chi connectivity index (χ0v) is 23.2. The first-order chi connectivity index (χ1) is 19.4. The summed E-state index contributed by atoms with van der Waals surface area (Å²) >= 11 is 1.37. The molecule has 206 valence electrons. The van der Waals surface area contributed by atoms with Gasteiger partial charge in [-0.15, -0.1) is 0 Å². The topological polar surface area (TPSA) is 94.2 Å². The minimum absolute atomic E-state index is 0.110. The first kappa shape index (κ1) is 27.5. The second-order valence-corrected chi connectivity index (χ2v) is 10.7. The number of methoxy groups -OCH3 is 2. The van der Waals surface area contributed by atoms with Gasteiger partial charge in [-0.3, -0.25) is 14.5 Å². The van der Waals surface area contributed by atoms with Gasteiger partial charge in [0.1, 0.15) is 28.3 Å². The Labute approximate surface area is 237 Å². The second-order valence-electron chi connectivity index (χ2n) is 9.51. The van der Waals surface area contributed by atoms with E-state index in [1.54, 1.807) is 45.4 Å². The molecule has 3 atom stereocenters. The summed E-state index contributed by atoms with van der Waals surface area (Å²) in [4.78, 5) is 41.3. The largest absolute Gasteiger partial charge is 0.497 e. The number of amides is 2. The van der Waals surface area contributed by atoms with Crippen molar-refractivity contribution in [1.82, 2.24) is 10.2 Å². The van der Waals surface area contributed by atoms with E-state index >= 15 is 0 Å². The first-order valence-corrected chi connectivity index (χ1v) is 13.8. The number of thioether (sulfide) groups is 1. The van der Waals surface area contributed by atoms with Crippen LogP contribution in [0.5, 0.6) is 5.75 Å². The van der Waals surface area contributed by atoms with Gasteiger partial charge in [-0.25, -0.2) is 4.79 Å². The van der Waals surface area contributed by atoms with Crippen LogP contribution in [0.4, 0.5) is 0 Å². The molecule has 0 spiro atoms. The Morgan fingerprint density at radius 3 is 2.08 bits per heavy atom. The Bertz CT molecular complexity index is 1370. The number of fused-ring (bicyclic) bond motifs is 1. The number of hydrogen-bond acceptors (Lipinski definition) is 7. The maximum atomic E-state index is 13.7. The van der Waals surface area contributed by atoms with Crippen molar-refractivity contribution < 1.29 is 28.6 Å². The van der Waals surface area contributed by atoms with E-state index < -0.39 is 28.9 Å². The van der Waals surface area contributed by atoms with Gasteiger partial charge in [0.05, 0.1) is 13.5 Å². The predicted octanol–water partition coefficient (Wildman–Crippen LogP) is 4.22. The number of nitrogens with one attached hydrogen (secondary N) is 1. The van der Waals surface area contributed by atoms with Crippen molar-refractivity contribution in [2.45, 2.75) is 36.3 Å². The highest BCUT2D eigenvalue weighted by Crippen LogP contribution is 2.45. The molecule has 0 unspecified atom stereocenters. The third kappa shape index (κ3) is 5.48. The third-order valence-corrected chi connectivity index (χ3v) is 8.51. The summed E-state index contributed by atoms with van der Waals surface area (Å²) in [6.45, 7) is 1.76. The standard InChI is InChI=1S/C31H30N2O6S/c1-19-26(30(36)39-27(21-10-6-4-7-11-21)22-12-8-5-9-13-22)33-28(35)25(29(33)40-31(19)38-3)32-24(34)18-20-14-16-23(37-2)17-15-20/h4-17,25,27,29,31H,18H2,1-3H3,(H,32,34)/t25-,29-,31-/m0/s1. The van der Waals surface area contributed by atoms with Gasteiger partial charge in [0.15, 0.2) is 6.10 Å². The number of ether oxygens (including phenoxy) is 3. The fraction of sp³-hybridized carbons (Fsp3) is 0.258. The van der Waals surface area contributed by atoms with Crippen LogP contribution >= 0.6 is 11.8 Å². The Hall–Kier alpha value is -4.08. The molecule has 2 aliphatic heterocycles. The molecule has 3 aromatic rings. The van der Waals surface area contributed by atoms with Crippen LogP contribution in [0.2, 0.25) is 0 Å². The summed E-state index contributed by atoms with van der Waals surface area (Å²) in [5.41, 5.74) is 2.67. The van der Waals surface area contributed by atoms with E-state index in [4.69, 9.17) is 14.2 Å². The molecule has 0 aliphatic carbocycles. The molecule has 0 bridgehead atoms. The fourth-order valence-corrected chi connectivity index (χ4v) is 6.25. The fourth-order valence-electron chi connectivity index (χ4n) is 4.90. The van der Waals surface area contributed by atoms with Gasteiger partial charge in [0, 0.05) is 7.11 Å². The lowest BCUT2D eigenvalue weighted by Crippen LogP contribution is -2.71. The van der Waals surface area contributed by atoms with E-state index in [-0.39, 0.29) is 23.9 Å². The average Bonchev–Trinajstić information content (AvgIpc) is 2.99. The lowest BCUT2D eigenvalue weighted by molar-refractivity contribution is -0.155. The van der Waals surface area contributed by atoms with Crippen molar-refractivity contribution >= 4 is 29.5 Å². The van der Waals surface area contributed by atoms with Gasteiger partial charge in [0.2, 0.25) is 5.91 Å². The van der Waals surface area contributed by atoms with Crippen molar-refractivity contribution in [2.24, 2.45) is 0 Å². The van der Waals surface area contributed by atoms with E-state index in [0.29, 0.717) is 11.3 Å². The zero-order chi connectivity index (χ0) is 28.2. The number of benzene rings is 3. The van der Waals surface area contributed by atoms with Crippen LogP contribution < -0.4 is 10.1 Å². The molecule has 1 saturated heterocycles. The highest BCUT2D eigenvalue weighted by Gasteiger charge is 2.56. The SMILES string of the molecule is COc1ccc(CC(=O)N[C@H]2C(=O)N3C(C(=O)OC(c4ccccc4)c4ccccc4)=C(C)[C@@H](OC)S[C@@H]23)cc1. The maximum absolute atomic E-state index is 13.7. The average molecular weight is 559 g/mol. The minimum Gasteiger partial charge on any atom is -0.497 e. The molecule has 5 rings (SSSR count). The molecule has 0 radical (unpaired) electrons. The number of rotatable bonds is 9. The molecule has 8 nitrogen and oxygen atoms in total. The molecule has 1 fully saturated rings. The smallest absolute Gasteiger partial charge is 0.356 e. The molecule has 0 saturated carbocycles. The third-order valence-electron chi connectivity index (χ3n) is 6.95. The molecule has 3 aromatic carbocycles. The van der Waals surface area contributed by atoms with Gasteiger partial charge in [-0.05, 0) is 41.3 Å². The molecule has 40 heavy (non-hydrogen) atoms. The quantitative estimate of drug-likeness (QED) is 0.311. The molecular formula is C31H30N2O6S. The number of nitrogens with zero attached hydrogens (tertiary/aromatic N) is 1. The van der Waals surface area contributed by atoms with Gasteiger partial charge in [-0.2, -0.15) is 0 Å². The van der Waals surface area contributed by atoms with Gasteiger partial charge in [-0.1, -0.05) is 84.6 Å². The second kappa shape index (κ2) is 12.0.